The highest BCUT2D eigenvalue weighted by Crippen LogP contribution is 2.42. The van der Waals surface area contributed by atoms with Gasteiger partial charge in [0, 0.05) is 27.5 Å². The van der Waals surface area contributed by atoms with Crippen molar-refractivity contribution < 1.29 is 23.9 Å². The van der Waals surface area contributed by atoms with E-state index in [1.165, 1.54) is 30.6 Å². The third kappa shape index (κ3) is 6.12. The van der Waals surface area contributed by atoms with Gasteiger partial charge in [0.15, 0.2) is 0 Å². The van der Waals surface area contributed by atoms with E-state index in [2.05, 4.69) is 29.1 Å². The van der Waals surface area contributed by atoms with Crippen molar-refractivity contribution in [1.29, 1.82) is 0 Å². The summed E-state index contributed by atoms with van der Waals surface area (Å²) in [6, 6.07) is 14.8. The number of hydrogen-bond donors (Lipinski definition) is 1. The molecule has 1 N–H and O–H groups in total. The Morgan fingerprint density at radius 2 is 1.85 bits per heavy atom. The molecule has 1 saturated carbocycles. The van der Waals surface area contributed by atoms with Gasteiger partial charge in [-0.05, 0) is 112 Å². The lowest BCUT2D eigenvalue weighted by atomic mass is 9.92. The van der Waals surface area contributed by atoms with E-state index in [0.29, 0.717) is 24.1 Å². The normalized spacial score (nSPS) is 19.7. The number of phenols is 1. The van der Waals surface area contributed by atoms with E-state index >= 15 is 0 Å². The Morgan fingerprint density at radius 1 is 1.07 bits per heavy atom. The van der Waals surface area contributed by atoms with Gasteiger partial charge in [-0.1, -0.05) is 6.42 Å². The van der Waals surface area contributed by atoms with Crippen LogP contribution in [0.15, 0.2) is 53.1 Å². The van der Waals surface area contributed by atoms with Crippen LogP contribution in [0.5, 0.6) is 17.4 Å². The van der Waals surface area contributed by atoms with E-state index in [1.54, 1.807) is 24.3 Å². The first-order chi connectivity index (χ1) is 20.0. The third-order valence-corrected chi connectivity index (χ3v) is 9.41. The van der Waals surface area contributed by atoms with Gasteiger partial charge in [-0.15, -0.1) is 11.3 Å². The molecule has 2 aliphatic rings. The standard InChI is InChI=1S/C32H37N3O5S/c1-34(2)25-7-3-4-8-26(25)39-29-20-27(40-33-29)31(37)30-24-14-11-22(36)19-28(24)41-32(30)21-9-12-23(13-10-21)38-18-17-35-15-5-6-16-35/h9-14,19-20,25-26,36H,3-8,15-18H2,1-2H3/t25-,26-/m1/s1. The number of ether oxygens (including phenoxy) is 2. The van der Waals surface area contributed by atoms with Gasteiger partial charge in [0.2, 0.25) is 11.5 Å². The number of likely N-dealkylation sites (tertiary alicyclic amines) is 1. The largest absolute Gasteiger partial charge is 0.508 e. The summed E-state index contributed by atoms with van der Waals surface area (Å²) in [7, 11) is 4.14. The van der Waals surface area contributed by atoms with Crippen LogP contribution in [0, 0.1) is 0 Å². The van der Waals surface area contributed by atoms with Gasteiger partial charge in [-0.2, -0.15) is 0 Å². The van der Waals surface area contributed by atoms with Gasteiger partial charge in [0.1, 0.15) is 24.2 Å². The number of likely N-dealkylation sites (N-methyl/N-ethyl adjacent to an activating group) is 1. The number of hydrogen-bond acceptors (Lipinski definition) is 9. The number of rotatable bonds is 10. The molecule has 216 valence electrons. The van der Waals surface area contributed by atoms with Crippen LogP contribution in [0.25, 0.3) is 20.5 Å². The minimum absolute atomic E-state index is 0.00315. The molecule has 41 heavy (non-hydrogen) atoms. The van der Waals surface area contributed by atoms with Crippen molar-refractivity contribution in [2.75, 3.05) is 40.3 Å². The quantitative estimate of drug-likeness (QED) is 0.223. The first kappa shape index (κ1) is 27.8. The molecule has 8 nitrogen and oxygen atoms in total. The van der Waals surface area contributed by atoms with Crippen LogP contribution in [-0.4, -0.2) is 78.3 Å². The number of benzene rings is 2. The first-order valence-corrected chi connectivity index (χ1v) is 15.3. The minimum Gasteiger partial charge on any atom is -0.508 e. The second-order valence-electron chi connectivity index (χ2n) is 11.2. The molecule has 9 heteroatoms. The summed E-state index contributed by atoms with van der Waals surface area (Å²) in [6.45, 7) is 3.88. The number of ketones is 1. The molecule has 0 radical (unpaired) electrons. The Labute approximate surface area is 244 Å². The van der Waals surface area contributed by atoms with Crippen molar-refractivity contribution in [2.45, 2.75) is 50.7 Å². The summed E-state index contributed by atoms with van der Waals surface area (Å²) < 4.78 is 18.6. The number of phenolic OH excluding ortho intramolecular Hbond substituents is 1. The number of carbonyl (C=O) groups excluding carboxylic acids is 1. The molecule has 0 unspecified atom stereocenters. The summed E-state index contributed by atoms with van der Waals surface area (Å²) >= 11 is 1.47. The van der Waals surface area contributed by atoms with Crippen molar-refractivity contribution in [3.8, 4) is 27.8 Å². The fourth-order valence-electron chi connectivity index (χ4n) is 6.02. The van der Waals surface area contributed by atoms with E-state index in [-0.39, 0.29) is 23.4 Å². The lowest BCUT2D eigenvalue weighted by molar-refractivity contribution is 0.0561. The monoisotopic (exact) mass is 575 g/mol. The molecule has 6 rings (SSSR count). The highest BCUT2D eigenvalue weighted by atomic mass is 32.1. The lowest BCUT2D eigenvalue weighted by Gasteiger charge is -2.35. The average molecular weight is 576 g/mol. The average Bonchev–Trinajstić information content (AvgIpc) is 3.74. The summed E-state index contributed by atoms with van der Waals surface area (Å²) in [6.07, 6.45) is 6.84. The molecular formula is C32H37N3O5S. The van der Waals surface area contributed by atoms with Crippen LogP contribution in [0.2, 0.25) is 0 Å². The molecule has 2 aromatic carbocycles. The van der Waals surface area contributed by atoms with E-state index in [0.717, 1.165) is 65.2 Å². The molecule has 2 aromatic heterocycles. The molecule has 1 aliphatic carbocycles. The van der Waals surface area contributed by atoms with E-state index in [9.17, 15) is 9.90 Å². The molecule has 4 aromatic rings. The molecule has 1 aliphatic heterocycles. The SMILES string of the molecule is CN(C)[C@@H]1CCCC[C@H]1Oc1cc(C(=O)c2c(-c3ccc(OCCN4CCCC4)cc3)sc3cc(O)ccc23)on1. The Bertz CT molecular complexity index is 1490. The van der Waals surface area contributed by atoms with E-state index in [1.807, 2.05) is 24.3 Å². The zero-order valence-corrected chi connectivity index (χ0v) is 24.5. The maximum Gasteiger partial charge on any atom is 0.255 e. The number of fused-ring (bicyclic) bond motifs is 1. The Morgan fingerprint density at radius 3 is 2.63 bits per heavy atom. The molecule has 0 bridgehead atoms. The van der Waals surface area contributed by atoms with Gasteiger partial charge in [0.25, 0.3) is 5.88 Å². The Balaban J connectivity index is 1.24. The molecule has 2 atom stereocenters. The molecule has 0 spiro atoms. The van der Waals surface area contributed by atoms with Gasteiger partial charge in [0.05, 0.1) is 11.6 Å². The minimum atomic E-state index is -0.266. The molecule has 1 saturated heterocycles. The molecule has 0 amide bonds. The summed E-state index contributed by atoms with van der Waals surface area (Å²) in [5.74, 6) is 1.16. The number of thiophene rings is 1. The Hall–Kier alpha value is -3.40. The van der Waals surface area contributed by atoms with Crippen LogP contribution in [0.4, 0.5) is 0 Å². The van der Waals surface area contributed by atoms with Crippen molar-refractivity contribution in [3.05, 3.63) is 59.9 Å². The van der Waals surface area contributed by atoms with Gasteiger partial charge < -0.3 is 24.0 Å². The fraction of sp³-hybridized carbons (Fsp3) is 0.438. The van der Waals surface area contributed by atoms with E-state index in [4.69, 9.17) is 14.0 Å². The van der Waals surface area contributed by atoms with Crippen molar-refractivity contribution in [2.24, 2.45) is 0 Å². The number of nitrogens with zero attached hydrogens (tertiary/aromatic N) is 3. The Kier molecular flexibility index (Phi) is 8.27. The summed E-state index contributed by atoms with van der Waals surface area (Å²) in [5, 5.41) is 15.0. The van der Waals surface area contributed by atoms with Crippen LogP contribution in [0.1, 0.15) is 54.6 Å². The van der Waals surface area contributed by atoms with Crippen LogP contribution in [-0.2, 0) is 0 Å². The van der Waals surface area contributed by atoms with Gasteiger partial charge in [-0.25, -0.2) is 0 Å². The predicted octanol–water partition coefficient (Wildman–Crippen LogP) is 6.22. The maximum atomic E-state index is 13.9. The van der Waals surface area contributed by atoms with Crippen molar-refractivity contribution in [1.82, 2.24) is 15.0 Å². The van der Waals surface area contributed by atoms with Crippen LogP contribution >= 0.6 is 11.3 Å². The van der Waals surface area contributed by atoms with Crippen LogP contribution < -0.4 is 9.47 Å². The van der Waals surface area contributed by atoms with Gasteiger partial charge >= 0.3 is 0 Å². The lowest BCUT2D eigenvalue weighted by Crippen LogP contribution is -2.44. The highest BCUT2D eigenvalue weighted by molar-refractivity contribution is 7.22. The summed E-state index contributed by atoms with van der Waals surface area (Å²) in [4.78, 5) is 19.4. The van der Waals surface area contributed by atoms with Gasteiger partial charge in [-0.3, -0.25) is 9.69 Å². The maximum absolute atomic E-state index is 13.9. The second kappa shape index (κ2) is 12.2. The topological polar surface area (TPSA) is 88.3 Å². The molecule has 2 fully saturated rings. The number of aromatic hydroxyl groups is 1. The summed E-state index contributed by atoms with van der Waals surface area (Å²) in [5.41, 5.74) is 1.42. The predicted molar refractivity (Wildman–Crippen MR) is 160 cm³/mol. The highest BCUT2D eigenvalue weighted by Gasteiger charge is 2.30. The van der Waals surface area contributed by atoms with Crippen molar-refractivity contribution >= 4 is 27.2 Å². The zero-order valence-electron chi connectivity index (χ0n) is 23.7. The second-order valence-corrected chi connectivity index (χ2v) is 12.3. The molecule has 3 heterocycles. The van der Waals surface area contributed by atoms with Crippen molar-refractivity contribution in [3.63, 3.8) is 0 Å². The zero-order chi connectivity index (χ0) is 28.3. The first-order valence-electron chi connectivity index (χ1n) is 14.5. The number of carbonyl (C=O) groups is 1. The molecular weight excluding hydrogens is 538 g/mol. The third-order valence-electron chi connectivity index (χ3n) is 8.21. The number of aromatic nitrogens is 1. The van der Waals surface area contributed by atoms with E-state index < -0.39 is 0 Å². The van der Waals surface area contributed by atoms with Crippen LogP contribution in [0.3, 0.4) is 0 Å². The fourth-order valence-corrected chi connectivity index (χ4v) is 7.26. The smallest absolute Gasteiger partial charge is 0.255 e.